The summed E-state index contributed by atoms with van der Waals surface area (Å²) in [7, 11) is 0. The third-order valence-electron chi connectivity index (χ3n) is 4.89. The van der Waals surface area contributed by atoms with Crippen LogP contribution in [0.5, 0.6) is 0 Å². The van der Waals surface area contributed by atoms with Gasteiger partial charge in [0.15, 0.2) is 4.21 Å². The standard InChI is InChI=1S/C16H19ClN2OS2/c17-16(6-3-14(22-16)13-2-1-9-21-13)15(20)18-12-10-19-7-4-11(12)5-8-19/h1-3,6,9,11-12,14H,4-5,7-8,10H2,(H,18,20)/t12-,14?,16?/m0/s1. The van der Waals surface area contributed by atoms with E-state index in [0.717, 1.165) is 6.54 Å². The van der Waals surface area contributed by atoms with Gasteiger partial charge in [0.2, 0.25) is 0 Å². The summed E-state index contributed by atoms with van der Waals surface area (Å²) in [4.78, 5) is 16.4. The number of carbonyl (C=O) groups excluding carboxylic acids is 1. The molecule has 0 saturated carbocycles. The van der Waals surface area contributed by atoms with Gasteiger partial charge in [-0.15, -0.1) is 23.1 Å². The highest BCUT2D eigenvalue weighted by molar-refractivity contribution is 8.03. The molecule has 1 N–H and O–H groups in total. The molecule has 1 aromatic rings. The number of fused-ring (bicyclic) bond motifs is 3. The lowest BCUT2D eigenvalue weighted by atomic mass is 9.84. The predicted molar refractivity (Wildman–Crippen MR) is 93.5 cm³/mol. The van der Waals surface area contributed by atoms with E-state index < -0.39 is 4.21 Å². The molecular weight excluding hydrogens is 336 g/mol. The molecule has 1 amide bonds. The number of hydrogen-bond acceptors (Lipinski definition) is 4. The van der Waals surface area contributed by atoms with Crippen molar-refractivity contribution in [2.75, 3.05) is 19.6 Å². The lowest BCUT2D eigenvalue weighted by Crippen LogP contribution is -2.59. The molecule has 5 heterocycles. The van der Waals surface area contributed by atoms with Crippen LogP contribution in [0.15, 0.2) is 29.7 Å². The molecule has 5 rings (SSSR count). The second-order valence-electron chi connectivity index (χ2n) is 6.28. The van der Waals surface area contributed by atoms with Crippen LogP contribution in [-0.2, 0) is 4.79 Å². The Hall–Kier alpha value is -0.490. The maximum absolute atomic E-state index is 12.7. The molecular formula is C16H19ClN2OS2. The van der Waals surface area contributed by atoms with Crippen LogP contribution in [-0.4, -0.2) is 40.7 Å². The van der Waals surface area contributed by atoms with Crippen molar-refractivity contribution in [3.63, 3.8) is 0 Å². The number of nitrogens with zero attached hydrogens (tertiary/aromatic N) is 1. The van der Waals surface area contributed by atoms with E-state index in [1.54, 1.807) is 11.3 Å². The number of piperidine rings is 3. The van der Waals surface area contributed by atoms with Crippen molar-refractivity contribution in [3.8, 4) is 0 Å². The monoisotopic (exact) mass is 354 g/mol. The Balaban J connectivity index is 1.41. The summed E-state index contributed by atoms with van der Waals surface area (Å²) < 4.78 is -0.958. The Bertz CT molecular complexity index is 583. The molecule has 4 aliphatic rings. The summed E-state index contributed by atoms with van der Waals surface area (Å²) in [5.74, 6) is 0.575. The van der Waals surface area contributed by atoms with Crippen molar-refractivity contribution >= 4 is 40.6 Å². The van der Waals surface area contributed by atoms with Crippen molar-refractivity contribution in [2.45, 2.75) is 28.3 Å². The number of thioether (sulfide) groups is 1. The molecule has 3 fully saturated rings. The first kappa shape index (κ1) is 15.1. The van der Waals surface area contributed by atoms with Crippen LogP contribution >= 0.6 is 34.7 Å². The molecule has 0 spiro atoms. The molecule has 3 nitrogen and oxygen atoms in total. The average molecular weight is 355 g/mol. The Labute approximate surface area is 144 Å². The van der Waals surface area contributed by atoms with Gasteiger partial charge in [0.1, 0.15) is 0 Å². The number of amides is 1. The molecule has 118 valence electrons. The van der Waals surface area contributed by atoms with Crippen molar-refractivity contribution in [3.05, 3.63) is 34.5 Å². The van der Waals surface area contributed by atoms with Gasteiger partial charge in [-0.3, -0.25) is 4.79 Å². The summed E-state index contributed by atoms with van der Waals surface area (Å²) >= 11 is 9.84. The Morgan fingerprint density at radius 2 is 2.23 bits per heavy atom. The van der Waals surface area contributed by atoms with Crippen LogP contribution in [0.4, 0.5) is 0 Å². The van der Waals surface area contributed by atoms with Gasteiger partial charge in [0, 0.05) is 17.5 Å². The third kappa shape index (κ3) is 2.73. The third-order valence-corrected chi connectivity index (χ3v) is 7.89. The van der Waals surface area contributed by atoms with E-state index in [0.29, 0.717) is 5.92 Å². The van der Waals surface area contributed by atoms with E-state index in [9.17, 15) is 4.79 Å². The van der Waals surface area contributed by atoms with Gasteiger partial charge in [-0.2, -0.15) is 0 Å². The summed E-state index contributed by atoms with van der Waals surface area (Å²) in [6, 6.07) is 4.40. The second kappa shape index (κ2) is 5.86. The van der Waals surface area contributed by atoms with E-state index in [4.69, 9.17) is 11.6 Å². The van der Waals surface area contributed by atoms with Gasteiger partial charge in [0.25, 0.3) is 5.91 Å². The van der Waals surface area contributed by atoms with Crippen LogP contribution in [0.25, 0.3) is 0 Å². The van der Waals surface area contributed by atoms with Gasteiger partial charge in [0.05, 0.1) is 5.25 Å². The molecule has 2 bridgehead atoms. The second-order valence-corrected chi connectivity index (χ2v) is 9.46. The molecule has 22 heavy (non-hydrogen) atoms. The summed E-state index contributed by atoms with van der Waals surface area (Å²) in [5.41, 5.74) is 0. The molecule has 3 atom stereocenters. The largest absolute Gasteiger partial charge is 0.349 e. The first-order valence-electron chi connectivity index (χ1n) is 7.77. The molecule has 4 aliphatic heterocycles. The van der Waals surface area contributed by atoms with Gasteiger partial charge in [-0.25, -0.2) is 0 Å². The van der Waals surface area contributed by atoms with Crippen LogP contribution < -0.4 is 5.32 Å². The highest BCUT2D eigenvalue weighted by atomic mass is 35.5. The number of nitrogens with one attached hydrogen (secondary N) is 1. The van der Waals surface area contributed by atoms with E-state index in [1.165, 1.54) is 42.6 Å². The Kier molecular flexibility index (Phi) is 4.01. The number of alkyl halides is 1. The quantitative estimate of drug-likeness (QED) is 0.668. The molecule has 3 saturated heterocycles. The maximum Gasteiger partial charge on any atom is 0.255 e. The molecule has 1 aromatic heterocycles. The van der Waals surface area contributed by atoms with Crippen LogP contribution in [0.1, 0.15) is 23.0 Å². The average Bonchev–Trinajstić information content (AvgIpc) is 3.18. The van der Waals surface area contributed by atoms with E-state index in [-0.39, 0.29) is 17.2 Å². The summed E-state index contributed by atoms with van der Waals surface area (Å²) in [6.45, 7) is 3.34. The highest BCUT2D eigenvalue weighted by Crippen LogP contribution is 2.50. The van der Waals surface area contributed by atoms with Gasteiger partial charge in [-0.1, -0.05) is 23.7 Å². The first-order chi connectivity index (χ1) is 10.6. The number of rotatable bonds is 3. The van der Waals surface area contributed by atoms with E-state index >= 15 is 0 Å². The minimum absolute atomic E-state index is 0.0479. The summed E-state index contributed by atoms with van der Waals surface area (Å²) in [6.07, 6.45) is 6.31. The lowest BCUT2D eigenvalue weighted by molar-refractivity contribution is -0.122. The zero-order valence-electron chi connectivity index (χ0n) is 12.2. The van der Waals surface area contributed by atoms with Crippen molar-refractivity contribution in [1.82, 2.24) is 10.2 Å². The topological polar surface area (TPSA) is 32.3 Å². The minimum atomic E-state index is -0.958. The van der Waals surface area contributed by atoms with Gasteiger partial charge in [-0.05, 0) is 49.4 Å². The molecule has 0 aliphatic carbocycles. The van der Waals surface area contributed by atoms with Crippen molar-refractivity contribution < 1.29 is 4.79 Å². The summed E-state index contributed by atoms with van der Waals surface area (Å²) in [5, 5.41) is 5.47. The van der Waals surface area contributed by atoms with E-state index in [1.807, 2.05) is 12.1 Å². The zero-order chi connectivity index (χ0) is 15.2. The maximum atomic E-state index is 12.7. The zero-order valence-corrected chi connectivity index (χ0v) is 14.6. The fraction of sp³-hybridized carbons (Fsp3) is 0.562. The smallest absolute Gasteiger partial charge is 0.255 e. The lowest BCUT2D eigenvalue weighted by Gasteiger charge is -2.45. The van der Waals surface area contributed by atoms with Crippen LogP contribution in [0.3, 0.4) is 0 Å². The number of carbonyl (C=O) groups is 1. The number of thiophene rings is 1. The van der Waals surface area contributed by atoms with Gasteiger partial charge >= 0.3 is 0 Å². The minimum Gasteiger partial charge on any atom is -0.349 e. The molecule has 2 unspecified atom stereocenters. The Morgan fingerprint density at radius 1 is 1.41 bits per heavy atom. The van der Waals surface area contributed by atoms with Crippen molar-refractivity contribution in [2.24, 2.45) is 5.92 Å². The fourth-order valence-corrected chi connectivity index (χ4v) is 6.06. The van der Waals surface area contributed by atoms with Gasteiger partial charge < -0.3 is 10.2 Å². The Morgan fingerprint density at radius 3 is 2.86 bits per heavy atom. The first-order valence-corrected chi connectivity index (χ1v) is 9.90. The fourth-order valence-electron chi connectivity index (χ4n) is 3.61. The molecule has 6 heteroatoms. The molecule has 0 aromatic carbocycles. The van der Waals surface area contributed by atoms with E-state index in [2.05, 4.69) is 27.7 Å². The number of halogens is 1. The van der Waals surface area contributed by atoms with Crippen molar-refractivity contribution in [1.29, 1.82) is 0 Å². The van der Waals surface area contributed by atoms with Crippen LogP contribution in [0.2, 0.25) is 0 Å². The SMILES string of the molecule is O=C(N[C@H]1CN2CCC1CC2)C1(Cl)C=CC(c2cccs2)S1. The number of hydrogen-bond donors (Lipinski definition) is 1. The predicted octanol–water partition coefficient (Wildman–Crippen LogP) is 3.24. The normalized spacial score (nSPS) is 40.0. The molecule has 0 radical (unpaired) electrons. The highest BCUT2D eigenvalue weighted by Gasteiger charge is 2.44. The van der Waals surface area contributed by atoms with Crippen LogP contribution in [0, 0.1) is 5.92 Å².